The van der Waals surface area contributed by atoms with Gasteiger partial charge in [-0.2, -0.15) is 20.7 Å². The normalized spacial score (nSPS) is 12.6. The lowest BCUT2D eigenvalue weighted by molar-refractivity contribution is 0.0992. The molecule has 5 aromatic rings. The molecule has 0 bridgehead atoms. The van der Waals surface area contributed by atoms with Gasteiger partial charge < -0.3 is 26.8 Å². The van der Waals surface area contributed by atoms with Crippen molar-refractivity contribution in [3.63, 3.8) is 0 Å². The lowest BCUT2D eigenvalue weighted by Crippen LogP contribution is -2.33. The van der Waals surface area contributed by atoms with Crippen LogP contribution in [0.5, 0.6) is 5.88 Å². The van der Waals surface area contributed by atoms with Gasteiger partial charge in [0.15, 0.2) is 0 Å². The zero-order valence-corrected chi connectivity index (χ0v) is 29.8. The summed E-state index contributed by atoms with van der Waals surface area (Å²) in [6, 6.07) is 11.5. The second-order valence-electron chi connectivity index (χ2n) is 12.6. The number of nitrogens with one attached hydrogen (secondary N) is 2. The Balaban J connectivity index is 0.000000230. The van der Waals surface area contributed by atoms with Gasteiger partial charge in [-0.05, 0) is 75.7 Å². The molecule has 0 aliphatic heterocycles. The van der Waals surface area contributed by atoms with Gasteiger partial charge >= 0.3 is 0 Å². The van der Waals surface area contributed by atoms with Crippen LogP contribution >= 0.6 is 15.9 Å². The summed E-state index contributed by atoms with van der Waals surface area (Å²) in [4.78, 5) is 27.8. The number of halogens is 1. The molecule has 49 heavy (non-hydrogen) atoms. The Kier molecular flexibility index (Phi) is 10.5. The number of ether oxygens (including phenoxy) is 1. The summed E-state index contributed by atoms with van der Waals surface area (Å²) in [7, 11) is 1.56. The Morgan fingerprint density at radius 1 is 0.837 bits per heavy atom. The third kappa shape index (κ3) is 7.74. The van der Waals surface area contributed by atoms with E-state index >= 15 is 0 Å². The molecule has 0 aliphatic carbocycles. The number of hydrogen-bond acceptors (Lipinski definition) is 10. The molecule has 2 amide bonds. The molecular weight excluding hydrogens is 690 g/mol. The Bertz CT molecular complexity index is 2100. The van der Waals surface area contributed by atoms with E-state index in [2.05, 4.69) is 53.9 Å². The third-order valence-corrected chi connectivity index (χ3v) is 8.95. The number of pyridine rings is 1. The topological polar surface area (TPSA) is 215 Å². The van der Waals surface area contributed by atoms with Crippen LogP contribution in [-0.4, -0.2) is 55.2 Å². The molecule has 254 valence electrons. The smallest absolute Gasteiger partial charge is 0.252 e. The molecule has 5 aromatic heterocycles. The lowest BCUT2D eigenvalue weighted by Gasteiger charge is -2.27. The number of aromatic nitrogens is 5. The van der Waals surface area contributed by atoms with E-state index in [-0.39, 0.29) is 17.6 Å². The summed E-state index contributed by atoms with van der Waals surface area (Å²) in [6.07, 6.45) is 8.19. The van der Waals surface area contributed by atoms with E-state index in [1.807, 2.05) is 65.9 Å². The minimum absolute atomic E-state index is 0.180. The number of methoxy groups -OCH3 is 1. The van der Waals surface area contributed by atoms with Crippen LogP contribution in [0.15, 0.2) is 59.7 Å². The summed E-state index contributed by atoms with van der Waals surface area (Å²) in [5, 5.41) is 33.6. The molecule has 0 aliphatic rings. The summed E-state index contributed by atoms with van der Waals surface area (Å²) >= 11 is 3.38. The van der Waals surface area contributed by atoms with Crippen molar-refractivity contribution in [3.05, 3.63) is 70.8 Å². The maximum atomic E-state index is 12.0. The highest BCUT2D eigenvalue weighted by atomic mass is 79.9. The van der Waals surface area contributed by atoms with E-state index in [4.69, 9.17) is 16.2 Å². The quantitative estimate of drug-likeness (QED) is 0.144. The largest absolute Gasteiger partial charge is 0.481 e. The second kappa shape index (κ2) is 14.2. The molecule has 0 fully saturated rings. The monoisotopic (exact) mass is 727 g/mol. The summed E-state index contributed by atoms with van der Waals surface area (Å²) < 4.78 is 9.25. The van der Waals surface area contributed by atoms with E-state index in [1.54, 1.807) is 34.6 Å². The van der Waals surface area contributed by atoms with Crippen molar-refractivity contribution >= 4 is 50.2 Å². The molecule has 2 atom stereocenters. The molecule has 14 nitrogen and oxygen atoms in total. The highest BCUT2D eigenvalue weighted by Gasteiger charge is 2.29. The number of anilines is 2. The molecule has 0 aromatic carbocycles. The number of amides is 2. The van der Waals surface area contributed by atoms with Crippen molar-refractivity contribution in [3.8, 4) is 29.1 Å². The number of carbonyl (C=O) groups is 2. The van der Waals surface area contributed by atoms with Gasteiger partial charge in [0.25, 0.3) is 11.8 Å². The first kappa shape index (κ1) is 36.2. The molecule has 0 saturated heterocycles. The number of nitrogens with zero attached hydrogens (tertiary/aromatic N) is 7. The van der Waals surface area contributed by atoms with Crippen molar-refractivity contribution in [2.75, 3.05) is 17.7 Å². The van der Waals surface area contributed by atoms with Gasteiger partial charge in [-0.1, -0.05) is 0 Å². The number of carbonyl (C=O) groups excluding carboxylic acids is 2. The average molecular weight is 729 g/mol. The zero-order valence-electron chi connectivity index (χ0n) is 28.2. The third-order valence-electron chi connectivity index (χ3n) is 8.51. The van der Waals surface area contributed by atoms with Gasteiger partial charge in [-0.25, -0.2) is 14.0 Å². The highest BCUT2D eigenvalue weighted by molar-refractivity contribution is 9.10. The second-order valence-corrected chi connectivity index (χ2v) is 13.5. The van der Waals surface area contributed by atoms with Gasteiger partial charge in [-0.3, -0.25) is 9.59 Å². The fraction of sp³-hybridized carbons (Fsp3) is 0.324. The van der Waals surface area contributed by atoms with Gasteiger partial charge in [-0.15, -0.1) is 0 Å². The molecule has 15 heteroatoms. The minimum atomic E-state index is -0.648. The molecule has 0 saturated carbocycles. The van der Waals surface area contributed by atoms with Crippen molar-refractivity contribution < 1.29 is 14.3 Å². The minimum Gasteiger partial charge on any atom is -0.481 e. The van der Waals surface area contributed by atoms with Gasteiger partial charge in [0.1, 0.15) is 0 Å². The molecule has 5 rings (SSSR count). The van der Waals surface area contributed by atoms with Gasteiger partial charge in [0.2, 0.25) is 5.88 Å². The molecular formula is C34H38BrN11O3. The Labute approximate surface area is 292 Å². The number of primary amides is 2. The first-order chi connectivity index (χ1) is 23.0. The molecule has 0 unspecified atom stereocenters. The van der Waals surface area contributed by atoms with Crippen LogP contribution in [0.2, 0.25) is 0 Å². The maximum absolute atomic E-state index is 12.0. The molecule has 0 radical (unpaired) electrons. The average Bonchev–Trinajstić information content (AvgIpc) is 3.68. The van der Waals surface area contributed by atoms with Crippen molar-refractivity contribution in [1.82, 2.24) is 24.2 Å². The predicted octanol–water partition coefficient (Wildman–Crippen LogP) is 5.40. The summed E-state index contributed by atoms with van der Waals surface area (Å²) in [6.45, 7) is 11.1. The Morgan fingerprint density at radius 2 is 1.33 bits per heavy atom. The molecule has 5 heterocycles. The molecule has 0 spiro atoms. The lowest BCUT2D eigenvalue weighted by atomic mass is 9.87. The van der Waals surface area contributed by atoms with Crippen LogP contribution < -0.4 is 26.8 Å². The van der Waals surface area contributed by atoms with Crippen LogP contribution in [0.1, 0.15) is 62.3 Å². The number of nitrogens with two attached hydrogens (primary N) is 2. The Hall–Kier alpha value is -5.67. The number of fused-ring (bicyclic) bond motifs is 2. The van der Waals surface area contributed by atoms with E-state index in [0.717, 1.165) is 21.1 Å². The maximum Gasteiger partial charge on any atom is 0.252 e. The van der Waals surface area contributed by atoms with Gasteiger partial charge in [0.05, 0.1) is 76.0 Å². The summed E-state index contributed by atoms with van der Waals surface area (Å²) in [5.41, 5.74) is 14.6. The SMILES string of the molecule is COc1ccc(-c2cc3c(N[C@H](C)C(C)(C)C#N)c(C(N)=O)cnn3c2)cn1.C[C@@H](Nc1c(C(N)=O)cnn2cc(Br)cc12)C(C)(C)C#N. The first-order valence-electron chi connectivity index (χ1n) is 15.2. The first-order valence-corrected chi connectivity index (χ1v) is 16.0. The van der Waals surface area contributed by atoms with Crippen molar-refractivity contribution in [1.29, 1.82) is 10.5 Å². The fourth-order valence-electron chi connectivity index (χ4n) is 4.58. The van der Waals surface area contributed by atoms with Gasteiger partial charge in [0, 0.05) is 52.3 Å². The van der Waals surface area contributed by atoms with Crippen molar-refractivity contribution in [2.24, 2.45) is 22.3 Å². The molecule has 6 N–H and O–H groups in total. The van der Waals surface area contributed by atoms with E-state index in [9.17, 15) is 20.1 Å². The highest BCUT2D eigenvalue weighted by Crippen LogP contribution is 2.32. The van der Waals surface area contributed by atoms with Crippen LogP contribution in [0, 0.1) is 33.5 Å². The zero-order chi connectivity index (χ0) is 36.3. The predicted molar refractivity (Wildman–Crippen MR) is 190 cm³/mol. The van der Waals surface area contributed by atoms with E-state index in [1.165, 1.54) is 12.4 Å². The summed E-state index contributed by atoms with van der Waals surface area (Å²) in [5.74, 6) is -0.628. The van der Waals surface area contributed by atoms with Crippen LogP contribution in [0.3, 0.4) is 0 Å². The standard InChI is InChI=1S/C20H22N6O2.C14H16BrN5O/c1-12(20(2,3)11-21)25-18-15(19(22)27)9-24-26-10-14(7-16(18)26)13-5-6-17(28-4)23-8-13;1-8(14(2,3)7-16)19-12-10(13(17)21)5-18-20-6-9(15)4-11(12)20/h5-10,12,25H,1-4H3,(H2,22,27);4-6,8,19H,1-3H3,(H2,17,21)/t12-;8-/m11/s1. The number of rotatable bonds is 10. The fourth-order valence-corrected chi connectivity index (χ4v) is 4.99. The van der Waals surface area contributed by atoms with Crippen LogP contribution in [0.4, 0.5) is 11.4 Å². The van der Waals surface area contributed by atoms with E-state index < -0.39 is 22.6 Å². The number of nitriles is 2. The van der Waals surface area contributed by atoms with Crippen molar-refractivity contribution in [2.45, 2.75) is 53.6 Å². The van der Waals surface area contributed by atoms with E-state index in [0.29, 0.717) is 28.3 Å². The van der Waals surface area contributed by atoms with Crippen LogP contribution in [-0.2, 0) is 0 Å². The van der Waals surface area contributed by atoms with Crippen LogP contribution in [0.25, 0.3) is 22.2 Å². The Morgan fingerprint density at radius 3 is 1.76 bits per heavy atom. The number of hydrogen-bond donors (Lipinski definition) is 4.